The number of thioether (sulfide) groups is 2. The second-order valence-electron chi connectivity index (χ2n) is 5.60. The molecule has 0 spiro atoms. The van der Waals surface area contributed by atoms with Gasteiger partial charge in [0.05, 0.1) is 5.56 Å². The van der Waals surface area contributed by atoms with E-state index in [1.54, 1.807) is 18.2 Å². The Labute approximate surface area is 165 Å². The molecule has 1 N–H and O–H groups in total. The molecule has 3 aromatic rings. The molecule has 0 saturated heterocycles. The van der Waals surface area contributed by atoms with Gasteiger partial charge in [0.15, 0.2) is 10.3 Å². The molecule has 28 heavy (non-hydrogen) atoms. The van der Waals surface area contributed by atoms with E-state index in [4.69, 9.17) is 0 Å². The lowest BCUT2D eigenvalue weighted by atomic mass is 10.1. The first kappa shape index (κ1) is 20.4. The van der Waals surface area contributed by atoms with Gasteiger partial charge in [-0.3, -0.25) is 4.98 Å². The summed E-state index contributed by atoms with van der Waals surface area (Å²) in [6.07, 6.45) is -4.38. The van der Waals surface area contributed by atoms with Gasteiger partial charge in [-0.25, -0.2) is 9.18 Å². The van der Waals surface area contributed by atoms with E-state index in [-0.39, 0.29) is 21.9 Å². The fraction of sp³-hybridized carbons (Fsp3) is 0.167. The third-order valence-electron chi connectivity index (χ3n) is 3.58. The van der Waals surface area contributed by atoms with Crippen LogP contribution in [0.15, 0.2) is 63.6 Å². The molecule has 0 saturated carbocycles. The van der Waals surface area contributed by atoms with Gasteiger partial charge in [-0.2, -0.15) is 23.1 Å². The van der Waals surface area contributed by atoms with E-state index < -0.39 is 17.4 Å². The van der Waals surface area contributed by atoms with Gasteiger partial charge in [-0.15, -0.1) is 0 Å². The van der Waals surface area contributed by atoms with Crippen molar-refractivity contribution in [2.45, 2.75) is 28.0 Å². The number of alkyl halides is 3. The lowest BCUT2D eigenvalue weighted by molar-refractivity contribution is -0.137. The molecule has 0 unspecified atom stereocenters. The molecule has 0 aliphatic carbocycles. The SMILES string of the molecule is O=c1nc(SCc2ccc(C(F)(F)F)cc2)nc(SCc2ccccc2F)[nH]1. The van der Waals surface area contributed by atoms with E-state index in [1.807, 2.05) is 0 Å². The van der Waals surface area contributed by atoms with Gasteiger partial charge in [-0.1, -0.05) is 53.9 Å². The molecular weight excluding hydrogens is 414 g/mol. The van der Waals surface area contributed by atoms with E-state index in [0.29, 0.717) is 16.9 Å². The molecule has 0 amide bonds. The van der Waals surface area contributed by atoms with Crippen LogP contribution in [0.4, 0.5) is 17.6 Å². The van der Waals surface area contributed by atoms with Crippen LogP contribution in [0.1, 0.15) is 16.7 Å². The minimum atomic E-state index is -4.38. The lowest BCUT2D eigenvalue weighted by Crippen LogP contribution is -2.14. The summed E-state index contributed by atoms with van der Waals surface area (Å²) >= 11 is 2.29. The number of halogens is 4. The molecule has 146 valence electrons. The summed E-state index contributed by atoms with van der Waals surface area (Å²) in [5.41, 5.74) is -0.199. The van der Waals surface area contributed by atoms with Crippen molar-refractivity contribution < 1.29 is 17.6 Å². The summed E-state index contributed by atoms with van der Waals surface area (Å²) < 4.78 is 51.4. The summed E-state index contributed by atoms with van der Waals surface area (Å²) in [4.78, 5) is 22.2. The Bertz CT molecular complexity index is 1010. The highest BCUT2D eigenvalue weighted by molar-refractivity contribution is 7.99. The number of rotatable bonds is 6. The van der Waals surface area contributed by atoms with Crippen LogP contribution in [0.25, 0.3) is 0 Å². The van der Waals surface area contributed by atoms with Crippen LogP contribution < -0.4 is 5.69 Å². The van der Waals surface area contributed by atoms with Crippen molar-refractivity contribution in [1.82, 2.24) is 15.0 Å². The third-order valence-corrected chi connectivity index (χ3v) is 5.42. The molecule has 0 bridgehead atoms. The van der Waals surface area contributed by atoms with Crippen molar-refractivity contribution in [3.63, 3.8) is 0 Å². The average molecular weight is 427 g/mol. The maximum absolute atomic E-state index is 13.7. The van der Waals surface area contributed by atoms with Crippen LogP contribution in [-0.2, 0) is 17.7 Å². The van der Waals surface area contributed by atoms with Crippen LogP contribution in [0, 0.1) is 5.82 Å². The molecule has 0 radical (unpaired) electrons. The molecule has 0 aliphatic heterocycles. The van der Waals surface area contributed by atoms with Crippen molar-refractivity contribution in [3.8, 4) is 0 Å². The largest absolute Gasteiger partial charge is 0.416 e. The Morgan fingerprint density at radius 1 is 0.929 bits per heavy atom. The number of benzene rings is 2. The maximum atomic E-state index is 13.7. The minimum absolute atomic E-state index is 0.194. The molecule has 2 aromatic carbocycles. The highest BCUT2D eigenvalue weighted by Gasteiger charge is 2.29. The first-order valence-electron chi connectivity index (χ1n) is 7.95. The first-order valence-corrected chi connectivity index (χ1v) is 9.92. The Hall–Kier alpha value is -2.33. The predicted octanol–water partition coefficient (Wildman–Crippen LogP) is 4.91. The van der Waals surface area contributed by atoms with E-state index in [2.05, 4.69) is 15.0 Å². The highest BCUT2D eigenvalue weighted by atomic mass is 32.2. The van der Waals surface area contributed by atoms with Crippen molar-refractivity contribution in [1.29, 1.82) is 0 Å². The second-order valence-corrected chi connectivity index (χ2v) is 7.51. The normalized spacial score (nSPS) is 11.6. The van der Waals surface area contributed by atoms with Crippen molar-refractivity contribution in [2.75, 3.05) is 0 Å². The Morgan fingerprint density at radius 2 is 1.64 bits per heavy atom. The van der Waals surface area contributed by atoms with E-state index in [0.717, 1.165) is 35.7 Å². The fourth-order valence-corrected chi connectivity index (χ4v) is 3.86. The van der Waals surface area contributed by atoms with Gasteiger partial charge in [-0.05, 0) is 29.3 Å². The van der Waals surface area contributed by atoms with Crippen molar-refractivity contribution in [3.05, 3.63) is 81.5 Å². The Kier molecular flexibility index (Phi) is 6.40. The van der Waals surface area contributed by atoms with Gasteiger partial charge < -0.3 is 0 Å². The van der Waals surface area contributed by atoms with Crippen molar-refractivity contribution >= 4 is 23.5 Å². The van der Waals surface area contributed by atoms with Gasteiger partial charge in [0.25, 0.3) is 0 Å². The number of hydrogen-bond donors (Lipinski definition) is 1. The molecule has 0 atom stereocenters. The fourth-order valence-electron chi connectivity index (χ4n) is 2.18. The molecule has 1 heterocycles. The standard InChI is InChI=1S/C18H13F4N3OS2/c19-14-4-2-1-3-12(14)10-28-17-24-15(26)23-16(25-17)27-9-11-5-7-13(8-6-11)18(20,21)22/h1-8H,9-10H2,(H,23,24,25,26). The Balaban J connectivity index is 1.65. The first-order chi connectivity index (χ1) is 13.3. The second kappa shape index (κ2) is 8.78. The summed E-state index contributed by atoms with van der Waals surface area (Å²) in [6.45, 7) is 0. The molecule has 0 fully saturated rings. The van der Waals surface area contributed by atoms with Crippen LogP contribution in [0.3, 0.4) is 0 Å². The van der Waals surface area contributed by atoms with Crippen LogP contribution in [-0.4, -0.2) is 15.0 Å². The number of nitrogens with one attached hydrogen (secondary N) is 1. The van der Waals surface area contributed by atoms with Gasteiger partial charge in [0.1, 0.15) is 5.82 Å². The Morgan fingerprint density at radius 3 is 2.32 bits per heavy atom. The summed E-state index contributed by atoms with van der Waals surface area (Å²) in [7, 11) is 0. The van der Waals surface area contributed by atoms with Gasteiger partial charge in [0, 0.05) is 11.5 Å². The van der Waals surface area contributed by atoms with E-state index in [1.165, 1.54) is 18.2 Å². The van der Waals surface area contributed by atoms with E-state index >= 15 is 0 Å². The molecule has 1 aromatic heterocycles. The molecule has 3 rings (SSSR count). The zero-order valence-corrected chi connectivity index (χ0v) is 15.8. The molecule has 10 heteroatoms. The average Bonchev–Trinajstić information content (AvgIpc) is 2.65. The topological polar surface area (TPSA) is 58.6 Å². The monoisotopic (exact) mass is 427 g/mol. The van der Waals surface area contributed by atoms with Gasteiger partial charge >= 0.3 is 11.9 Å². The maximum Gasteiger partial charge on any atom is 0.416 e. The number of aromatic nitrogens is 3. The molecular formula is C18H13F4N3OS2. The molecule has 0 aliphatic rings. The van der Waals surface area contributed by atoms with Crippen LogP contribution in [0.2, 0.25) is 0 Å². The summed E-state index contributed by atoms with van der Waals surface area (Å²) in [6, 6.07) is 11.0. The predicted molar refractivity (Wildman–Crippen MR) is 99.6 cm³/mol. The smallest absolute Gasteiger partial charge is 0.285 e. The minimum Gasteiger partial charge on any atom is -0.285 e. The lowest BCUT2D eigenvalue weighted by Gasteiger charge is -2.07. The highest BCUT2D eigenvalue weighted by Crippen LogP contribution is 2.30. The number of H-pyrrole nitrogens is 1. The quantitative estimate of drug-likeness (QED) is 0.448. The molecule has 4 nitrogen and oxygen atoms in total. The number of aromatic amines is 1. The van der Waals surface area contributed by atoms with E-state index in [9.17, 15) is 22.4 Å². The zero-order chi connectivity index (χ0) is 20.1. The third kappa shape index (κ3) is 5.59. The number of hydrogen-bond acceptors (Lipinski definition) is 5. The van der Waals surface area contributed by atoms with Crippen LogP contribution in [0.5, 0.6) is 0 Å². The summed E-state index contributed by atoms with van der Waals surface area (Å²) in [5.74, 6) is 0.241. The zero-order valence-electron chi connectivity index (χ0n) is 14.2. The number of nitrogens with zero attached hydrogens (tertiary/aromatic N) is 2. The summed E-state index contributed by atoms with van der Waals surface area (Å²) in [5, 5.41) is 0.484. The van der Waals surface area contributed by atoms with Crippen molar-refractivity contribution in [2.24, 2.45) is 0 Å². The van der Waals surface area contributed by atoms with Gasteiger partial charge in [0.2, 0.25) is 0 Å². The van der Waals surface area contributed by atoms with Crippen LogP contribution >= 0.6 is 23.5 Å².